The summed E-state index contributed by atoms with van der Waals surface area (Å²) in [6.45, 7) is 2.22. The zero-order valence-corrected chi connectivity index (χ0v) is 19.0. The molecule has 0 spiro atoms. The fourth-order valence-electron chi connectivity index (χ4n) is 3.11. The van der Waals surface area contributed by atoms with Gasteiger partial charge in [0, 0.05) is 17.8 Å². The van der Waals surface area contributed by atoms with Gasteiger partial charge in [-0.25, -0.2) is 4.79 Å². The average Bonchev–Trinajstić information content (AvgIpc) is 2.83. The summed E-state index contributed by atoms with van der Waals surface area (Å²) >= 11 is 0. The number of amides is 2. The van der Waals surface area contributed by atoms with E-state index in [0.717, 1.165) is 11.1 Å². The van der Waals surface area contributed by atoms with Gasteiger partial charge in [-0.1, -0.05) is 24.3 Å². The van der Waals surface area contributed by atoms with Crippen LogP contribution in [0.25, 0.3) is 0 Å². The van der Waals surface area contributed by atoms with Crippen LogP contribution in [0.15, 0.2) is 72.8 Å². The van der Waals surface area contributed by atoms with E-state index in [0.29, 0.717) is 23.5 Å². The van der Waals surface area contributed by atoms with Crippen LogP contribution in [0, 0.1) is 0 Å². The van der Waals surface area contributed by atoms with Gasteiger partial charge < -0.3 is 24.8 Å². The molecular formula is C26H26N2O6. The van der Waals surface area contributed by atoms with E-state index in [9.17, 15) is 14.4 Å². The second-order valence-electron chi connectivity index (χ2n) is 7.27. The maximum Gasteiger partial charge on any atom is 0.513 e. The first kappa shape index (κ1) is 24.3. The second kappa shape index (κ2) is 12.1. The predicted octanol–water partition coefficient (Wildman–Crippen LogP) is 4.34. The van der Waals surface area contributed by atoms with E-state index in [1.165, 1.54) is 12.1 Å². The van der Waals surface area contributed by atoms with Crippen LogP contribution >= 0.6 is 0 Å². The third kappa shape index (κ3) is 7.37. The van der Waals surface area contributed by atoms with Gasteiger partial charge in [-0.3, -0.25) is 9.59 Å². The number of carbonyl (C=O) groups excluding carboxylic acids is 3. The summed E-state index contributed by atoms with van der Waals surface area (Å²) in [6, 6.07) is 20.7. The van der Waals surface area contributed by atoms with Crippen LogP contribution in [0.1, 0.15) is 28.4 Å². The van der Waals surface area contributed by atoms with E-state index >= 15 is 0 Å². The largest absolute Gasteiger partial charge is 0.513 e. The lowest BCUT2D eigenvalue weighted by molar-refractivity contribution is -0.120. The van der Waals surface area contributed by atoms with Crippen molar-refractivity contribution in [3.8, 4) is 11.5 Å². The fraction of sp³-hybridized carbons (Fsp3) is 0.192. The molecule has 0 bridgehead atoms. The minimum atomic E-state index is -0.799. The van der Waals surface area contributed by atoms with Crippen molar-refractivity contribution >= 4 is 23.7 Å². The molecule has 176 valence electrons. The molecule has 0 aliphatic heterocycles. The Morgan fingerprint density at radius 3 is 2.32 bits per heavy atom. The molecule has 8 heteroatoms. The molecule has 0 aliphatic rings. The number of hydrogen-bond acceptors (Lipinski definition) is 6. The zero-order valence-electron chi connectivity index (χ0n) is 19.0. The van der Waals surface area contributed by atoms with Crippen molar-refractivity contribution in [1.82, 2.24) is 5.32 Å². The summed E-state index contributed by atoms with van der Waals surface area (Å²) in [4.78, 5) is 36.2. The molecule has 0 radical (unpaired) electrons. The third-order valence-electron chi connectivity index (χ3n) is 4.75. The van der Waals surface area contributed by atoms with Crippen LogP contribution in [-0.2, 0) is 22.5 Å². The van der Waals surface area contributed by atoms with Crippen LogP contribution < -0.4 is 20.1 Å². The molecule has 3 aromatic carbocycles. The molecule has 3 rings (SSSR count). The molecule has 0 saturated heterocycles. The Labute approximate surface area is 197 Å². The van der Waals surface area contributed by atoms with Crippen LogP contribution in [-0.4, -0.2) is 31.7 Å². The maximum absolute atomic E-state index is 12.6. The highest BCUT2D eigenvalue weighted by molar-refractivity contribution is 6.04. The third-order valence-corrected chi connectivity index (χ3v) is 4.75. The quantitative estimate of drug-likeness (QED) is 0.362. The summed E-state index contributed by atoms with van der Waals surface area (Å²) in [6.07, 6.45) is -0.559. The van der Waals surface area contributed by atoms with Gasteiger partial charge in [-0.15, -0.1) is 0 Å². The van der Waals surface area contributed by atoms with Crippen molar-refractivity contribution in [3.05, 3.63) is 89.5 Å². The molecule has 0 heterocycles. The van der Waals surface area contributed by atoms with Crippen molar-refractivity contribution in [2.45, 2.75) is 19.9 Å². The Morgan fingerprint density at radius 1 is 0.853 bits per heavy atom. The monoisotopic (exact) mass is 462 g/mol. The Bertz CT molecular complexity index is 1140. The van der Waals surface area contributed by atoms with Crippen LogP contribution in [0.2, 0.25) is 0 Å². The smallest absolute Gasteiger partial charge is 0.497 e. The Morgan fingerprint density at radius 2 is 1.59 bits per heavy atom. The van der Waals surface area contributed by atoms with E-state index in [2.05, 4.69) is 10.6 Å². The zero-order chi connectivity index (χ0) is 24.3. The van der Waals surface area contributed by atoms with Gasteiger partial charge in [0.05, 0.1) is 20.1 Å². The summed E-state index contributed by atoms with van der Waals surface area (Å²) < 4.78 is 14.9. The number of ether oxygens (including phenoxy) is 3. The first-order chi connectivity index (χ1) is 16.5. The minimum Gasteiger partial charge on any atom is -0.497 e. The number of anilines is 1. The number of rotatable bonds is 9. The molecule has 2 N–H and O–H groups in total. The molecule has 0 unspecified atom stereocenters. The summed E-state index contributed by atoms with van der Waals surface area (Å²) in [7, 11) is 1.58. The summed E-state index contributed by atoms with van der Waals surface area (Å²) in [5.74, 6) is 0.548. The number of nitrogens with one attached hydrogen (secondary N) is 2. The molecule has 0 saturated carbocycles. The molecule has 8 nitrogen and oxygen atoms in total. The van der Waals surface area contributed by atoms with Crippen molar-refractivity contribution < 1.29 is 28.6 Å². The number of methoxy groups -OCH3 is 1. The van der Waals surface area contributed by atoms with Gasteiger partial charge in [0.15, 0.2) is 0 Å². The van der Waals surface area contributed by atoms with Crippen molar-refractivity contribution in [1.29, 1.82) is 0 Å². The fourth-order valence-corrected chi connectivity index (χ4v) is 3.11. The lowest BCUT2D eigenvalue weighted by atomic mass is 10.1. The van der Waals surface area contributed by atoms with Gasteiger partial charge in [-0.05, 0) is 66.6 Å². The number of hydrogen-bond donors (Lipinski definition) is 2. The average molecular weight is 463 g/mol. The van der Waals surface area contributed by atoms with Crippen molar-refractivity contribution in [2.75, 3.05) is 19.0 Å². The molecular weight excluding hydrogens is 436 g/mol. The second-order valence-corrected chi connectivity index (χ2v) is 7.27. The van der Waals surface area contributed by atoms with E-state index in [1.54, 1.807) is 44.4 Å². The molecule has 2 amide bonds. The van der Waals surface area contributed by atoms with Gasteiger partial charge in [0.25, 0.3) is 5.91 Å². The number of carbonyl (C=O) groups is 3. The normalized spacial score (nSPS) is 10.2. The molecule has 3 aromatic rings. The Hall–Kier alpha value is -4.33. The molecule has 0 atom stereocenters. The lowest BCUT2D eigenvalue weighted by Crippen LogP contribution is -2.24. The van der Waals surface area contributed by atoms with Gasteiger partial charge in [0.1, 0.15) is 11.5 Å². The predicted molar refractivity (Wildman–Crippen MR) is 127 cm³/mol. The van der Waals surface area contributed by atoms with E-state index in [4.69, 9.17) is 14.2 Å². The Kier molecular flexibility index (Phi) is 8.62. The molecule has 34 heavy (non-hydrogen) atoms. The van der Waals surface area contributed by atoms with E-state index < -0.39 is 6.16 Å². The van der Waals surface area contributed by atoms with Crippen LogP contribution in [0.4, 0.5) is 10.5 Å². The van der Waals surface area contributed by atoms with Crippen molar-refractivity contribution in [2.24, 2.45) is 0 Å². The van der Waals surface area contributed by atoms with E-state index in [-0.39, 0.29) is 30.6 Å². The minimum absolute atomic E-state index is 0.118. The molecule has 0 aromatic heterocycles. The highest BCUT2D eigenvalue weighted by atomic mass is 16.7. The lowest BCUT2D eigenvalue weighted by Gasteiger charge is -2.10. The first-order valence-corrected chi connectivity index (χ1v) is 10.7. The summed E-state index contributed by atoms with van der Waals surface area (Å²) in [5.41, 5.74) is 2.69. The standard InChI is InChI=1S/C26H26N2O6/c1-3-33-26(31)34-22-12-10-20(11-13-22)25(30)28-21-8-4-7-19(14-21)17-27-24(29)16-18-6-5-9-23(15-18)32-2/h4-15H,3,16-17H2,1-2H3,(H,27,29)(H,28,30). The SMILES string of the molecule is CCOC(=O)Oc1ccc(C(=O)Nc2cccc(CNC(=O)Cc3cccc(OC)c3)c2)cc1. The van der Waals surface area contributed by atoms with Gasteiger partial charge in [0.2, 0.25) is 5.91 Å². The molecule has 0 aliphatic carbocycles. The first-order valence-electron chi connectivity index (χ1n) is 10.7. The van der Waals surface area contributed by atoms with Gasteiger partial charge in [-0.2, -0.15) is 0 Å². The highest BCUT2D eigenvalue weighted by Crippen LogP contribution is 2.16. The van der Waals surface area contributed by atoms with Crippen LogP contribution in [0.5, 0.6) is 11.5 Å². The topological polar surface area (TPSA) is 103 Å². The van der Waals surface area contributed by atoms with Crippen molar-refractivity contribution in [3.63, 3.8) is 0 Å². The summed E-state index contributed by atoms with van der Waals surface area (Å²) in [5, 5.41) is 5.71. The van der Waals surface area contributed by atoms with Gasteiger partial charge >= 0.3 is 6.16 Å². The number of benzene rings is 3. The molecule has 0 fully saturated rings. The Balaban J connectivity index is 1.53. The van der Waals surface area contributed by atoms with E-state index in [1.807, 2.05) is 30.3 Å². The van der Waals surface area contributed by atoms with Crippen LogP contribution in [0.3, 0.4) is 0 Å². The maximum atomic E-state index is 12.6. The highest BCUT2D eigenvalue weighted by Gasteiger charge is 2.10.